The van der Waals surface area contributed by atoms with Crippen LogP contribution in [0.4, 0.5) is 5.69 Å². The Hall–Kier alpha value is -1.33. The Morgan fingerprint density at radius 1 is 1.50 bits per heavy atom. The molecule has 0 saturated carbocycles. The number of aryl methyl sites for hydroxylation is 1. The minimum atomic E-state index is -0.0939. The number of carbonyl (C=O) groups excluding carboxylic acids is 1. The van der Waals surface area contributed by atoms with Crippen LogP contribution in [-0.2, 0) is 4.79 Å². The first kappa shape index (κ1) is 14.7. The largest absolute Gasteiger partial charge is 0.358 e. The van der Waals surface area contributed by atoms with Crippen molar-refractivity contribution in [2.75, 3.05) is 26.0 Å². The number of hydrogen-bond acceptors (Lipinski definition) is 2. The zero-order valence-corrected chi connectivity index (χ0v) is 12.2. The summed E-state index contributed by atoms with van der Waals surface area (Å²) in [5, 5.41) is 6.72. The molecule has 0 fully saturated rings. The van der Waals surface area contributed by atoms with Crippen molar-refractivity contribution in [2.45, 2.75) is 6.92 Å². The van der Waals surface area contributed by atoms with Gasteiger partial charge in [0.15, 0.2) is 5.11 Å². The van der Waals surface area contributed by atoms with Crippen LogP contribution in [0.2, 0.25) is 5.02 Å². The van der Waals surface area contributed by atoms with E-state index in [1.54, 1.807) is 25.1 Å². The summed E-state index contributed by atoms with van der Waals surface area (Å²) >= 11 is 11.2. The monoisotopic (exact) mass is 285 g/mol. The molecule has 18 heavy (non-hydrogen) atoms. The lowest BCUT2D eigenvalue weighted by molar-refractivity contribution is -0.120. The molecule has 0 bridgehead atoms. The highest BCUT2D eigenvalue weighted by atomic mass is 35.5. The van der Waals surface area contributed by atoms with E-state index in [9.17, 15) is 4.79 Å². The standard InChI is InChI=1S/C12H16ClN3OS/c1-8-4-5-9(6-10(8)13)15-12(18)16(3)7-11(17)14-2/h4-6H,7H2,1-3H3,(H,14,17)(H,15,18). The third kappa shape index (κ3) is 4.16. The van der Waals surface area contributed by atoms with Crippen molar-refractivity contribution >= 4 is 40.5 Å². The van der Waals surface area contributed by atoms with E-state index in [0.29, 0.717) is 10.1 Å². The number of benzene rings is 1. The van der Waals surface area contributed by atoms with Gasteiger partial charge in [0.2, 0.25) is 5.91 Å². The summed E-state index contributed by atoms with van der Waals surface area (Å²) in [6, 6.07) is 5.60. The highest BCUT2D eigenvalue weighted by Gasteiger charge is 2.09. The van der Waals surface area contributed by atoms with Gasteiger partial charge in [-0.1, -0.05) is 17.7 Å². The average molecular weight is 286 g/mol. The first-order valence-corrected chi connectivity index (χ1v) is 6.21. The number of nitrogens with zero attached hydrogens (tertiary/aromatic N) is 1. The van der Waals surface area contributed by atoms with Gasteiger partial charge < -0.3 is 15.5 Å². The Morgan fingerprint density at radius 2 is 2.17 bits per heavy atom. The Kier molecular flexibility index (Phi) is 5.37. The fourth-order valence-corrected chi connectivity index (χ4v) is 1.62. The summed E-state index contributed by atoms with van der Waals surface area (Å²) in [4.78, 5) is 12.9. The molecule has 6 heteroatoms. The summed E-state index contributed by atoms with van der Waals surface area (Å²) < 4.78 is 0. The molecule has 1 aromatic carbocycles. The van der Waals surface area contributed by atoms with Crippen LogP contribution in [0.5, 0.6) is 0 Å². The number of thiocarbonyl (C=S) groups is 1. The van der Waals surface area contributed by atoms with Gasteiger partial charge >= 0.3 is 0 Å². The van der Waals surface area contributed by atoms with Crippen LogP contribution < -0.4 is 10.6 Å². The summed E-state index contributed by atoms with van der Waals surface area (Å²) in [5.74, 6) is -0.0939. The fourth-order valence-electron chi connectivity index (χ4n) is 1.26. The van der Waals surface area contributed by atoms with Gasteiger partial charge in [-0.05, 0) is 36.8 Å². The number of likely N-dealkylation sites (N-methyl/N-ethyl adjacent to an activating group) is 2. The molecule has 1 amide bonds. The molecule has 0 aliphatic carbocycles. The maximum atomic E-state index is 11.2. The topological polar surface area (TPSA) is 44.4 Å². The van der Waals surface area contributed by atoms with Crippen LogP contribution in [0.25, 0.3) is 0 Å². The number of nitrogens with one attached hydrogen (secondary N) is 2. The second-order valence-corrected chi connectivity index (χ2v) is 4.72. The number of amides is 1. The molecular formula is C12H16ClN3OS. The lowest BCUT2D eigenvalue weighted by Gasteiger charge is -2.20. The molecule has 98 valence electrons. The Balaban J connectivity index is 2.63. The van der Waals surface area contributed by atoms with Crippen molar-refractivity contribution in [3.05, 3.63) is 28.8 Å². The van der Waals surface area contributed by atoms with E-state index < -0.39 is 0 Å². The van der Waals surface area contributed by atoms with E-state index in [-0.39, 0.29) is 12.5 Å². The van der Waals surface area contributed by atoms with Crippen LogP contribution in [-0.4, -0.2) is 36.6 Å². The van der Waals surface area contributed by atoms with Crippen molar-refractivity contribution in [3.8, 4) is 0 Å². The molecule has 0 saturated heterocycles. The quantitative estimate of drug-likeness (QED) is 0.834. The minimum absolute atomic E-state index is 0.0939. The maximum absolute atomic E-state index is 11.2. The smallest absolute Gasteiger partial charge is 0.239 e. The van der Waals surface area contributed by atoms with E-state index in [0.717, 1.165) is 11.3 Å². The second-order valence-electron chi connectivity index (χ2n) is 3.92. The molecule has 4 nitrogen and oxygen atoms in total. The fraction of sp³-hybridized carbons (Fsp3) is 0.333. The van der Waals surface area contributed by atoms with Gasteiger partial charge in [0.25, 0.3) is 0 Å². The third-order valence-corrected chi connectivity index (χ3v) is 3.25. The maximum Gasteiger partial charge on any atom is 0.239 e. The lowest BCUT2D eigenvalue weighted by atomic mass is 10.2. The van der Waals surface area contributed by atoms with E-state index in [4.69, 9.17) is 23.8 Å². The molecule has 1 rings (SSSR count). The SMILES string of the molecule is CNC(=O)CN(C)C(=S)Nc1ccc(C)c(Cl)c1. The van der Waals surface area contributed by atoms with E-state index >= 15 is 0 Å². The second kappa shape index (κ2) is 6.56. The lowest BCUT2D eigenvalue weighted by Crippen LogP contribution is -2.39. The number of anilines is 1. The number of hydrogen-bond donors (Lipinski definition) is 2. The molecule has 1 aromatic rings. The molecule has 0 heterocycles. The van der Waals surface area contributed by atoms with E-state index in [1.165, 1.54) is 0 Å². The summed E-state index contributed by atoms with van der Waals surface area (Å²) in [5.41, 5.74) is 1.81. The Bertz CT molecular complexity index is 465. The first-order valence-electron chi connectivity index (χ1n) is 5.43. The van der Waals surface area contributed by atoms with E-state index in [2.05, 4.69) is 10.6 Å². The molecule has 0 aliphatic rings. The molecule has 2 N–H and O–H groups in total. The van der Waals surface area contributed by atoms with Gasteiger partial charge in [0, 0.05) is 24.8 Å². The van der Waals surface area contributed by atoms with Crippen LogP contribution in [0.15, 0.2) is 18.2 Å². The van der Waals surface area contributed by atoms with Gasteiger partial charge in [-0.25, -0.2) is 0 Å². The van der Waals surface area contributed by atoms with Crippen LogP contribution in [0, 0.1) is 6.92 Å². The van der Waals surface area contributed by atoms with Crippen molar-refractivity contribution in [1.82, 2.24) is 10.2 Å². The zero-order chi connectivity index (χ0) is 13.7. The Labute approximate surface area is 117 Å². The average Bonchev–Trinajstić information content (AvgIpc) is 2.33. The summed E-state index contributed by atoms with van der Waals surface area (Å²) in [6.07, 6.45) is 0. The van der Waals surface area contributed by atoms with Crippen molar-refractivity contribution < 1.29 is 4.79 Å². The summed E-state index contributed by atoms with van der Waals surface area (Å²) in [7, 11) is 3.34. The van der Waals surface area contributed by atoms with Gasteiger partial charge in [0.05, 0.1) is 6.54 Å². The predicted molar refractivity (Wildman–Crippen MR) is 79.1 cm³/mol. The number of rotatable bonds is 3. The van der Waals surface area contributed by atoms with Crippen molar-refractivity contribution in [1.29, 1.82) is 0 Å². The van der Waals surface area contributed by atoms with Gasteiger partial charge in [-0.3, -0.25) is 4.79 Å². The zero-order valence-electron chi connectivity index (χ0n) is 10.6. The molecule has 0 aromatic heterocycles. The normalized spacial score (nSPS) is 9.78. The molecule has 0 spiro atoms. The highest BCUT2D eigenvalue weighted by Crippen LogP contribution is 2.20. The molecule has 0 radical (unpaired) electrons. The van der Waals surface area contributed by atoms with Crippen LogP contribution >= 0.6 is 23.8 Å². The number of halogens is 1. The number of carbonyl (C=O) groups is 1. The van der Waals surface area contributed by atoms with Gasteiger partial charge in [-0.2, -0.15) is 0 Å². The summed E-state index contributed by atoms with van der Waals surface area (Å²) in [6.45, 7) is 2.14. The Morgan fingerprint density at radius 3 is 2.72 bits per heavy atom. The predicted octanol–water partition coefficient (Wildman–Crippen LogP) is 2.02. The third-order valence-electron chi connectivity index (χ3n) is 2.43. The first-order chi connectivity index (χ1) is 8.43. The highest BCUT2D eigenvalue weighted by molar-refractivity contribution is 7.80. The van der Waals surface area contributed by atoms with Gasteiger partial charge in [0.1, 0.15) is 0 Å². The van der Waals surface area contributed by atoms with Crippen LogP contribution in [0.3, 0.4) is 0 Å². The van der Waals surface area contributed by atoms with E-state index in [1.807, 2.05) is 19.1 Å². The van der Waals surface area contributed by atoms with Crippen molar-refractivity contribution in [3.63, 3.8) is 0 Å². The molecule has 0 unspecified atom stereocenters. The molecular weight excluding hydrogens is 270 g/mol. The van der Waals surface area contributed by atoms with Crippen LogP contribution in [0.1, 0.15) is 5.56 Å². The van der Waals surface area contributed by atoms with Crippen molar-refractivity contribution in [2.24, 2.45) is 0 Å². The minimum Gasteiger partial charge on any atom is -0.358 e. The molecule has 0 atom stereocenters. The molecule has 0 aliphatic heterocycles. The van der Waals surface area contributed by atoms with Gasteiger partial charge in [-0.15, -0.1) is 0 Å².